The average molecular weight is 313 g/mol. The Morgan fingerprint density at radius 1 is 1.05 bits per heavy atom. The highest BCUT2D eigenvalue weighted by Gasteiger charge is 2.05. The Hall–Kier alpha value is -2.52. The number of aldehydes is 1. The van der Waals surface area contributed by atoms with Gasteiger partial charge in [0.1, 0.15) is 18.1 Å². The summed E-state index contributed by atoms with van der Waals surface area (Å²) < 4.78 is 11.1. The number of benzene rings is 2. The van der Waals surface area contributed by atoms with Crippen LogP contribution in [0.1, 0.15) is 16.1 Å². The van der Waals surface area contributed by atoms with Gasteiger partial charge in [0.05, 0.1) is 0 Å². The van der Waals surface area contributed by atoms with Gasteiger partial charge in [0.2, 0.25) is 0 Å². The summed E-state index contributed by atoms with van der Waals surface area (Å²) in [5.41, 5.74) is 1.92. The third-order valence-corrected chi connectivity index (χ3v) is 3.43. The van der Waals surface area contributed by atoms with E-state index in [2.05, 4.69) is 0 Å². The molecule has 0 spiro atoms. The van der Waals surface area contributed by atoms with E-state index in [4.69, 9.17) is 20.8 Å². The first kappa shape index (κ1) is 14.4. The fourth-order valence-corrected chi connectivity index (χ4v) is 2.21. The molecule has 0 radical (unpaired) electrons. The van der Waals surface area contributed by atoms with Gasteiger partial charge in [-0.2, -0.15) is 0 Å². The molecule has 0 fully saturated rings. The SMILES string of the molecule is O=Cc1ccc(-c2cccc(COc3ccc(Cl)cc3)c2)o1. The number of hydrogen-bond acceptors (Lipinski definition) is 3. The van der Waals surface area contributed by atoms with Crippen molar-refractivity contribution in [3.63, 3.8) is 0 Å². The quantitative estimate of drug-likeness (QED) is 0.623. The second-order valence-electron chi connectivity index (χ2n) is 4.76. The van der Waals surface area contributed by atoms with Crippen LogP contribution in [0, 0.1) is 0 Å². The van der Waals surface area contributed by atoms with Crippen LogP contribution in [0.5, 0.6) is 5.75 Å². The van der Waals surface area contributed by atoms with Crippen molar-refractivity contribution in [2.24, 2.45) is 0 Å². The summed E-state index contributed by atoms with van der Waals surface area (Å²) in [5.74, 6) is 1.74. The Labute approximate surface area is 133 Å². The number of ether oxygens (including phenoxy) is 1. The summed E-state index contributed by atoms with van der Waals surface area (Å²) in [7, 11) is 0. The third kappa shape index (κ3) is 3.38. The highest BCUT2D eigenvalue weighted by atomic mass is 35.5. The van der Waals surface area contributed by atoms with Gasteiger partial charge in [-0.1, -0.05) is 29.8 Å². The zero-order valence-electron chi connectivity index (χ0n) is 11.7. The largest absolute Gasteiger partial charge is 0.489 e. The van der Waals surface area contributed by atoms with Crippen LogP contribution >= 0.6 is 11.6 Å². The fourth-order valence-electron chi connectivity index (χ4n) is 2.08. The van der Waals surface area contributed by atoms with E-state index >= 15 is 0 Å². The van der Waals surface area contributed by atoms with Gasteiger partial charge in [0.15, 0.2) is 12.0 Å². The van der Waals surface area contributed by atoms with Crippen LogP contribution < -0.4 is 4.74 Å². The van der Waals surface area contributed by atoms with Gasteiger partial charge in [-0.05, 0) is 48.0 Å². The molecule has 3 aromatic rings. The first-order valence-electron chi connectivity index (χ1n) is 6.77. The number of halogens is 1. The minimum Gasteiger partial charge on any atom is -0.489 e. The van der Waals surface area contributed by atoms with Crippen LogP contribution in [0.3, 0.4) is 0 Å². The topological polar surface area (TPSA) is 39.4 Å². The lowest BCUT2D eigenvalue weighted by Gasteiger charge is -2.07. The Kier molecular flexibility index (Phi) is 4.26. The Morgan fingerprint density at radius 3 is 2.59 bits per heavy atom. The molecule has 3 rings (SSSR count). The van der Waals surface area contributed by atoms with Crippen molar-refractivity contribution in [2.75, 3.05) is 0 Å². The minimum atomic E-state index is 0.317. The zero-order valence-corrected chi connectivity index (χ0v) is 12.4. The summed E-state index contributed by atoms with van der Waals surface area (Å²) in [6.07, 6.45) is 0.691. The maximum absolute atomic E-state index is 10.7. The van der Waals surface area contributed by atoms with E-state index in [0.717, 1.165) is 16.9 Å². The predicted molar refractivity (Wildman–Crippen MR) is 85.3 cm³/mol. The van der Waals surface area contributed by atoms with E-state index < -0.39 is 0 Å². The highest BCUT2D eigenvalue weighted by molar-refractivity contribution is 6.30. The maximum Gasteiger partial charge on any atom is 0.185 e. The smallest absolute Gasteiger partial charge is 0.185 e. The van der Waals surface area contributed by atoms with Crippen LogP contribution in [0.15, 0.2) is 65.1 Å². The van der Waals surface area contributed by atoms with Crippen molar-refractivity contribution in [3.05, 3.63) is 77.0 Å². The minimum absolute atomic E-state index is 0.317. The monoisotopic (exact) mass is 312 g/mol. The first-order chi connectivity index (χ1) is 10.7. The van der Waals surface area contributed by atoms with E-state index in [1.165, 1.54) is 0 Å². The molecule has 0 amide bonds. The molecular formula is C18H13ClO3. The van der Waals surface area contributed by atoms with Crippen molar-refractivity contribution in [2.45, 2.75) is 6.61 Å². The second kappa shape index (κ2) is 6.50. The van der Waals surface area contributed by atoms with Gasteiger partial charge < -0.3 is 9.15 Å². The van der Waals surface area contributed by atoms with Crippen molar-refractivity contribution < 1.29 is 13.9 Å². The molecule has 4 heteroatoms. The molecule has 110 valence electrons. The molecule has 1 heterocycles. The van der Waals surface area contributed by atoms with Gasteiger partial charge in [-0.25, -0.2) is 0 Å². The van der Waals surface area contributed by atoms with Crippen LogP contribution in [0.25, 0.3) is 11.3 Å². The standard InChI is InChI=1S/C18H13ClO3/c19-15-4-6-16(7-5-15)21-12-13-2-1-3-14(10-13)18-9-8-17(11-20)22-18/h1-11H,12H2. The van der Waals surface area contributed by atoms with E-state index in [9.17, 15) is 4.79 Å². The third-order valence-electron chi connectivity index (χ3n) is 3.17. The molecule has 0 aliphatic carbocycles. The van der Waals surface area contributed by atoms with Crippen LogP contribution in [-0.4, -0.2) is 6.29 Å². The summed E-state index contributed by atoms with van der Waals surface area (Å²) in [6.45, 7) is 0.441. The molecule has 0 unspecified atom stereocenters. The van der Waals surface area contributed by atoms with Crippen molar-refractivity contribution in [3.8, 4) is 17.1 Å². The van der Waals surface area contributed by atoms with Gasteiger partial charge in [-0.3, -0.25) is 4.79 Å². The molecule has 0 aliphatic rings. The predicted octanol–water partition coefficient (Wildman–Crippen LogP) is 4.99. The summed E-state index contributed by atoms with van der Waals surface area (Å²) in [6, 6.07) is 18.5. The number of carbonyl (C=O) groups excluding carboxylic acids is 1. The van der Waals surface area contributed by atoms with Crippen molar-refractivity contribution in [1.82, 2.24) is 0 Å². The number of hydrogen-bond donors (Lipinski definition) is 0. The molecule has 0 saturated carbocycles. The van der Waals surface area contributed by atoms with Crippen LogP contribution in [-0.2, 0) is 6.61 Å². The molecule has 0 N–H and O–H groups in total. The summed E-state index contributed by atoms with van der Waals surface area (Å²) in [5, 5.41) is 0.679. The Bertz CT molecular complexity index is 775. The lowest BCUT2D eigenvalue weighted by atomic mass is 10.1. The van der Waals surface area contributed by atoms with Crippen molar-refractivity contribution in [1.29, 1.82) is 0 Å². The first-order valence-corrected chi connectivity index (χ1v) is 7.15. The summed E-state index contributed by atoms with van der Waals surface area (Å²) in [4.78, 5) is 10.7. The van der Waals surface area contributed by atoms with Crippen molar-refractivity contribution >= 4 is 17.9 Å². The molecule has 3 nitrogen and oxygen atoms in total. The highest BCUT2D eigenvalue weighted by Crippen LogP contribution is 2.23. The molecule has 22 heavy (non-hydrogen) atoms. The van der Waals surface area contributed by atoms with Crippen LogP contribution in [0.2, 0.25) is 5.02 Å². The van der Waals surface area contributed by atoms with E-state index in [0.29, 0.717) is 29.4 Å². The fraction of sp³-hybridized carbons (Fsp3) is 0.0556. The maximum atomic E-state index is 10.7. The molecule has 0 saturated heterocycles. The average Bonchev–Trinajstić information content (AvgIpc) is 3.04. The number of rotatable bonds is 5. The molecular weight excluding hydrogens is 300 g/mol. The number of furan rings is 1. The lowest BCUT2D eigenvalue weighted by molar-refractivity contribution is 0.110. The number of carbonyl (C=O) groups is 1. The normalized spacial score (nSPS) is 10.4. The molecule has 1 aromatic heterocycles. The van der Waals surface area contributed by atoms with E-state index in [1.807, 2.05) is 36.4 Å². The summed E-state index contributed by atoms with van der Waals surface area (Å²) >= 11 is 5.84. The zero-order chi connectivity index (χ0) is 15.4. The van der Waals surface area contributed by atoms with Crippen LogP contribution in [0.4, 0.5) is 0 Å². The van der Waals surface area contributed by atoms with Gasteiger partial charge >= 0.3 is 0 Å². The van der Waals surface area contributed by atoms with Gasteiger partial charge in [0, 0.05) is 10.6 Å². The molecule has 2 aromatic carbocycles. The molecule has 0 atom stereocenters. The van der Waals surface area contributed by atoms with Gasteiger partial charge in [-0.15, -0.1) is 0 Å². The van der Waals surface area contributed by atoms with E-state index in [1.54, 1.807) is 24.3 Å². The van der Waals surface area contributed by atoms with Gasteiger partial charge in [0.25, 0.3) is 0 Å². The molecule has 0 aliphatic heterocycles. The van der Waals surface area contributed by atoms with E-state index in [-0.39, 0.29) is 0 Å². The lowest BCUT2D eigenvalue weighted by Crippen LogP contribution is -1.95. The Balaban J connectivity index is 1.73. The Morgan fingerprint density at radius 2 is 1.86 bits per heavy atom. The second-order valence-corrected chi connectivity index (χ2v) is 5.20. The molecule has 0 bridgehead atoms.